The number of ether oxygens (including phenoxy) is 1. The zero-order chi connectivity index (χ0) is 18.9. The van der Waals surface area contributed by atoms with E-state index < -0.39 is 0 Å². The molecule has 0 spiro atoms. The van der Waals surface area contributed by atoms with Crippen molar-refractivity contribution >= 4 is 27.4 Å². The summed E-state index contributed by atoms with van der Waals surface area (Å²) in [5.41, 5.74) is 2.18. The topological polar surface area (TPSA) is 64.0 Å². The molecule has 28 heavy (non-hydrogen) atoms. The maximum absolute atomic E-state index is 5.90. The maximum atomic E-state index is 5.90. The molecule has 1 saturated heterocycles. The van der Waals surface area contributed by atoms with Crippen LogP contribution in [0.15, 0.2) is 31.2 Å². The molecule has 7 heteroatoms. The van der Waals surface area contributed by atoms with E-state index in [0.29, 0.717) is 12.4 Å². The van der Waals surface area contributed by atoms with Gasteiger partial charge < -0.3 is 9.64 Å². The SMILES string of the molecule is C=CCOC1CCN(c2nc(-c3cnccn3)nc3sc4c(c23)CCCC4)C1. The molecular formula is C21H23N5OS. The van der Waals surface area contributed by atoms with Gasteiger partial charge in [0.25, 0.3) is 0 Å². The zero-order valence-electron chi connectivity index (χ0n) is 15.8. The molecule has 5 rings (SSSR count). The van der Waals surface area contributed by atoms with Gasteiger partial charge >= 0.3 is 0 Å². The Morgan fingerprint density at radius 2 is 2.18 bits per heavy atom. The average Bonchev–Trinajstić information content (AvgIpc) is 3.36. The Morgan fingerprint density at radius 1 is 1.25 bits per heavy atom. The highest BCUT2D eigenvalue weighted by atomic mass is 32.1. The van der Waals surface area contributed by atoms with Crippen LogP contribution in [0.1, 0.15) is 29.7 Å². The number of aryl methyl sites for hydroxylation is 2. The Morgan fingerprint density at radius 3 is 3.04 bits per heavy atom. The van der Waals surface area contributed by atoms with Crippen LogP contribution in [0, 0.1) is 0 Å². The van der Waals surface area contributed by atoms with Crippen LogP contribution in [-0.2, 0) is 17.6 Å². The summed E-state index contributed by atoms with van der Waals surface area (Å²) in [6, 6.07) is 0. The lowest BCUT2D eigenvalue weighted by molar-refractivity contribution is 0.0909. The molecule has 3 aromatic rings. The summed E-state index contributed by atoms with van der Waals surface area (Å²) < 4.78 is 5.90. The van der Waals surface area contributed by atoms with Gasteiger partial charge in [0.15, 0.2) is 5.82 Å². The third kappa shape index (κ3) is 3.18. The van der Waals surface area contributed by atoms with Crippen molar-refractivity contribution in [2.24, 2.45) is 0 Å². The van der Waals surface area contributed by atoms with Crippen LogP contribution in [-0.4, -0.2) is 45.7 Å². The largest absolute Gasteiger partial charge is 0.372 e. The molecule has 6 nitrogen and oxygen atoms in total. The number of hydrogen-bond acceptors (Lipinski definition) is 7. The average molecular weight is 394 g/mol. The van der Waals surface area contributed by atoms with E-state index in [9.17, 15) is 0 Å². The molecule has 0 saturated carbocycles. The summed E-state index contributed by atoms with van der Waals surface area (Å²) >= 11 is 1.83. The summed E-state index contributed by atoms with van der Waals surface area (Å²) in [5, 5.41) is 1.25. The van der Waals surface area contributed by atoms with Gasteiger partial charge in [-0.25, -0.2) is 15.0 Å². The molecule has 1 atom stereocenters. The first-order valence-corrected chi connectivity index (χ1v) is 10.7. The summed E-state index contributed by atoms with van der Waals surface area (Å²) in [5.74, 6) is 1.69. The molecule has 1 aliphatic carbocycles. The minimum atomic E-state index is 0.220. The van der Waals surface area contributed by atoms with Crippen LogP contribution in [0.4, 0.5) is 5.82 Å². The number of anilines is 1. The van der Waals surface area contributed by atoms with Crippen LogP contribution < -0.4 is 4.90 Å². The molecule has 0 amide bonds. The van der Waals surface area contributed by atoms with Crippen LogP contribution in [0.5, 0.6) is 0 Å². The molecule has 1 fully saturated rings. The van der Waals surface area contributed by atoms with Gasteiger partial charge in [-0.2, -0.15) is 0 Å². The lowest BCUT2D eigenvalue weighted by Gasteiger charge is -2.20. The quantitative estimate of drug-likeness (QED) is 0.614. The van der Waals surface area contributed by atoms with Gasteiger partial charge in [-0.15, -0.1) is 17.9 Å². The maximum Gasteiger partial charge on any atom is 0.183 e. The minimum absolute atomic E-state index is 0.220. The highest BCUT2D eigenvalue weighted by Gasteiger charge is 2.29. The number of rotatable bonds is 5. The molecular weight excluding hydrogens is 370 g/mol. The third-order valence-electron chi connectivity index (χ3n) is 5.48. The molecule has 3 aromatic heterocycles. The fraction of sp³-hybridized carbons (Fsp3) is 0.429. The van der Waals surface area contributed by atoms with Gasteiger partial charge in [0, 0.05) is 30.4 Å². The number of thiophene rings is 1. The predicted octanol–water partition coefficient (Wildman–Crippen LogP) is 3.81. The normalized spacial score (nSPS) is 19.1. The lowest BCUT2D eigenvalue weighted by Crippen LogP contribution is -2.24. The molecule has 1 aliphatic heterocycles. The van der Waals surface area contributed by atoms with Crippen molar-refractivity contribution in [3.8, 4) is 11.5 Å². The van der Waals surface area contributed by atoms with Gasteiger partial charge in [0.1, 0.15) is 16.3 Å². The van der Waals surface area contributed by atoms with Gasteiger partial charge in [-0.1, -0.05) is 6.08 Å². The van der Waals surface area contributed by atoms with E-state index in [2.05, 4.69) is 21.4 Å². The van der Waals surface area contributed by atoms with Crippen molar-refractivity contribution in [2.45, 2.75) is 38.2 Å². The second-order valence-corrected chi connectivity index (χ2v) is 8.41. The van der Waals surface area contributed by atoms with E-state index in [-0.39, 0.29) is 6.10 Å². The van der Waals surface area contributed by atoms with E-state index in [1.165, 1.54) is 28.7 Å². The van der Waals surface area contributed by atoms with Crippen LogP contribution in [0.25, 0.3) is 21.7 Å². The summed E-state index contributed by atoms with van der Waals surface area (Å²) in [7, 11) is 0. The van der Waals surface area contributed by atoms with E-state index in [0.717, 1.165) is 48.7 Å². The lowest BCUT2D eigenvalue weighted by atomic mass is 9.97. The Kier molecular flexibility index (Phi) is 4.78. The third-order valence-corrected chi connectivity index (χ3v) is 6.67. The second kappa shape index (κ2) is 7.56. The highest BCUT2D eigenvalue weighted by Crippen LogP contribution is 2.41. The molecule has 1 unspecified atom stereocenters. The molecule has 0 N–H and O–H groups in total. The summed E-state index contributed by atoms with van der Waals surface area (Å²) in [4.78, 5) is 23.4. The molecule has 0 radical (unpaired) electrons. The second-order valence-electron chi connectivity index (χ2n) is 7.33. The van der Waals surface area contributed by atoms with Gasteiger partial charge in [-0.05, 0) is 37.7 Å². The van der Waals surface area contributed by atoms with E-state index >= 15 is 0 Å². The first-order valence-electron chi connectivity index (χ1n) is 9.89. The Labute approximate surface area is 168 Å². The molecule has 144 valence electrons. The standard InChI is InChI=1S/C21H23N5OS/c1-2-11-27-14-7-10-26(13-14)20-18-15-5-3-4-6-17(15)28-21(18)25-19(24-20)16-12-22-8-9-23-16/h2,8-9,12,14H,1,3-7,10-11,13H2. The first-order chi connectivity index (χ1) is 13.8. The molecule has 4 heterocycles. The fourth-order valence-corrected chi connectivity index (χ4v) is 5.41. The van der Waals surface area contributed by atoms with Crippen LogP contribution in [0.2, 0.25) is 0 Å². The van der Waals surface area contributed by atoms with Crippen LogP contribution in [0.3, 0.4) is 0 Å². The Bertz CT molecular complexity index is 1000. The van der Waals surface area contributed by atoms with Crippen molar-refractivity contribution in [1.29, 1.82) is 0 Å². The summed E-state index contributed by atoms with van der Waals surface area (Å²) in [6.07, 6.45) is 12.9. The number of nitrogens with zero attached hydrogens (tertiary/aromatic N) is 5. The van der Waals surface area contributed by atoms with E-state index in [4.69, 9.17) is 14.7 Å². The number of hydrogen-bond donors (Lipinski definition) is 0. The molecule has 0 bridgehead atoms. The minimum Gasteiger partial charge on any atom is -0.372 e. The molecule has 0 aromatic carbocycles. The fourth-order valence-electron chi connectivity index (χ4n) is 4.16. The van der Waals surface area contributed by atoms with Gasteiger partial charge in [-0.3, -0.25) is 4.98 Å². The van der Waals surface area contributed by atoms with Crippen LogP contribution >= 0.6 is 11.3 Å². The van der Waals surface area contributed by atoms with Crippen molar-refractivity contribution in [2.75, 3.05) is 24.6 Å². The zero-order valence-corrected chi connectivity index (χ0v) is 16.6. The van der Waals surface area contributed by atoms with Crippen molar-refractivity contribution in [3.05, 3.63) is 41.7 Å². The number of fused-ring (bicyclic) bond motifs is 3. The van der Waals surface area contributed by atoms with Gasteiger partial charge in [0.2, 0.25) is 0 Å². The number of aromatic nitrogens is 4. The van der Waals surface area contributed by atoms with Crippen molar-refractivity contribution in [3.63, 3.8) is 0 Å². The van der Waals surface area contributed by atoms with E-state index in [1.807, 2.05) is 17.4 Å². The van der Waals surface area contributed by atoms with E-state index in [1.54, 1.807) is 18.6 Å². The first kappa shape index (κ1) is 17.7. The Balaban J connectivity index is 1.61. The monoisotopic (exact) mass is 393 g/mol. The molecule has 2 aliphatic rings. The highest BCUT2D eigenvalue weighted by molar-refractivity contribution is 7.19. The smallest absolute Gasteiger partial charge is 0.183 e. The van der Waals surface area contributed by atoms with Crippen molar-refractivity contribution < 1.29 is 4.74 Å². The Hall–Kier alpha value is -2.38. The van der Waals surface area contributed by atoms with Crippen molar-refractivity contribution in [1.82, 2.24) is 19.9 Å². The summed E-state index contributed by atoms with van der Waals surface area (Å²) in [6.45, 7) is 6.14. The predicted molar refractivity (Wildman–Crippen MR) is 112 cm³/mol. The van der Waals surface area contributed by atoms with Gasteiger partial charge in [0.05, 0.1) is 24.3 Å².